The van der Waals surface area contributed by atoms with Crippen LogP contribution >= 0.6 is 0 Å². The van der Waals surface area contributed by atoms with Gasteiger partial charge >= 0.3 is 6.03 Å². The van der Waals surface area contributed by atoms with Crippen LogP contribution in [0.15, 0.2) is 47.1 Å². The molecule has 4 rings (SSSR count). The van der Waals surface area contributed by atoms with Crippen LogP contribution in [0.25, 0.3) is 10.9 Å². The van der Waals surface area contributed by atoms with Crippen molar-refractivity contribution in [3.05, 3.63) is 59.9 Å². The van der Waals surface area contributed by atoms with Gasteiger partial charge in [0.15, 0.2) is 5.54 Å². The molecule has 1 aliphatic heterocycles. The van der Waals surface area contributed by atoms with Gasteiger partial charge in [0, 0.05) is 11.1 Å². The molecule has 1 aromatic carbocycles. The molecule has 3 amide bonds. The van der Waals surface area contributed by atoms with Crippen molar-refractivity contribution in [1.82, 2.24) is 20.2 Å². The first-order valence-corrected chi connectivity index (χ1v) is 7.89. The standard InChI is InChI=1S/C18H16N4O3/c1-11-12-6-3-4-7-13(12)20-15(19-11)10-22-16(23)18(2,21-17(22)24)14-8-5-9-25-14/h3-9H,10H2,1-2H3,(H,21,24)/t18-/m0/s1. The Labute approximate surface area is 143 Å². The van der Waals surface area contributed by atoms with Crippen LogP contribution in [0.5, 0.6) is 0 Å². The molecule has 1 fully saturated rings. The molecule has 0 unspecified atom stereocenters. The van der Waals surface area contributed by atoms with Crippen molar-refractivity contribution in [2.24, 2.45) is 0 Å². The Morgan fingerprint density at radius 2 is 1.96 bits per heavy atom. The van der Waals surface area contributed by atoms with Gasteiger partial charge < -0.3 is 9.73 Å². The van der Waals surface area contributed by atoms with Crippen molar-refractivity contribution < 1.29 is 14.0 Å². The van der Waals surface area contributed by atoms with E-state index in [1.807, 2.05) is 31.2 Å². The molecule has 0 spiro atoms. The van der Waals surface area contributed by atoms with Crippen molar-refractivity contribution in [2.75, 3.05) is 0 Å². The first kappa shape index (κ1) is 15.3. The SMILES string of the molecule is Cc1nc(CN2C(=O)N[C@@](C)(c3ccco3)C2=O)nc2ccccc12. The lowest BCUT2D eigenvalue weighted by Gasteiger charge is -2.18. The normalized spacial score (nSPS) is 20.3. The molecule has 2 aromatic heterocycles. The minimum Gasteiger partial charge on any atom is -0.466 e. The Morgan fingerprint density at radius 1 is 1.16 bits per heavy atom. The Morgan fingerprint density at radius 3 is 2.72 bits per heavy atom. The van der Waals surface area contributed by atoms with E-state index in [2.05, 4.69) is 15.3 Å². The maximum absolute atomic E-state index is 12.8. The van der Waals surface area contributed by atoms with Gasteiger partial charge in [-0.15, -0.1) is 0 Å². The number of carbonyl (C=O) groups is 2. The van der Waals surface area contributed by atoms with Gasteiger partial charge in [0.1, 0.15) is 11.6 Å². The summed E-state index contributed by atoms with van der Waals surface area (Å²) in [5.74, 6) is 0.425. The Hall–Kier alpha value is -3.22. The van der Waals surface area contributed by atoms with E-state index in [1.54, 1.807) is 19.1 Å². The van der Waals surface area contributed by atoms with E-state index in [1.165, 1.54) is 6.26 Å². The average molecular weight is 336 g/mol. The number of imide groups is 1. The summed E-state index contributed by atoms with van der Waals surface area (Å²) in [6.07, 6.45) is 1.47. The van der Waals surface area contributed by atoms with E-state index in [0.717, 1.165) is 21.5 Å². The Kier molecular flexibility index (Phi) is 3.31. The van der Waals surface area contributed by atoms with Crippen LogP contribution in [0.4, 0.5) is 4.79 Å². The number of aryl methyl sites for hydroxylation is 1. The fraction of sp³-hybridized carbons (Fsp3) is 0.222. The van der Waals surface area contributed by atoms with Gasteiger partial charge in [-0.25, -0.2) is 14.8 Å². The predicted octanol–water partition coefficient (Wildman–Crippen LogP) is 2.50. The number of nitrogens with zero attached hydrogens (tertiary/aromatic N) is 3. The summed E-state index contributed by atoms with van der Waals surface area (Å²) >= 11 is 0. The quantitative estimate of drug-likeness (QED) is 0.742. The molecule has 126 valence electrons. The van der Waals surface area contributed by atoms with Crippen LogP contribution < -0.4 is 5.32 Å². The second kappa shape index (κ2) is 5.41. The zero-order chi connectivity index (χ0) is 17.6. The zero-order valence-electron chi connectivity index (χ0n) is 13.8. The third-order valence-corrected chi connectivity index (χ3v) is 4.43. The van der Waals surface area contributed by atoms with Gasteiger partial charge in [-0.2, -0.15) is 0 Å². The third-order valence-electron chi connectivity index (χ3n) is 4.43. The molecule has 25 heavy (non-hydrogen) atoms. The average Bonchev–Trinajstić information content (AvgIpc) is 3.20. The van der Waals surface area contributed by atoms with Crippen molar-refractivity contribution in [3.63, 3.8) is 0 Å². The molecule has 3 aromatic rings. The van der Waals surface area contributed by atoms with Gasteiger partial charge in [-0.1, -0.05) is 18.2 Å². The number of hydrogen-bond acceptors (Lipinski definition) is 5. The maximum Gasteiger partial charge on any atom is 0.325 e. The molecule has 0 saturated carbocycles. The van der Waals surface area contributed by atoms with Gasteiger partial charge in [0.2, 0.25) is 0 Å². The van der Waals surface area contributed by atoms with Gasteiger partial charge in [-0.05, 0) is 32.0 Å². The molecule has 1 atom stereocenters. The van der Waals surface area contributed by atoms with Crippen LogP contribution in [0.3, 0.4) is 0 Å². The number of fused-ring (bicyclic) bond motifs is 1. The summed E-state index contributed by atoms with van der Waals surface area (Å²) in [5, 5.41) is 3.64. The van der Waals surface area contributed by atoms with Crippen LogP contribution in [-0.4, -0.2) is 26.8 Å². The van der Waals surface area contributed by atoms with Crippen molar-refractivity contribution in [1.29, 1.82) is 0 Å². The molecule has 7 nitrogen and oxygen atoms in total. The number of aromatic nitrogens is 2. The second-order valence-corrected chi connectivity index (χ2v) is 6.17. The van der Waals surface area contributed by atoms with E-state index in [9.17, 15) is 9.59 Å². The van der Waals surface area contributed by atoms with Crippen molar-refractivity contribution in [3.8, 4) is 0 Å². The molecule has 1 saturated heterocycles. The predicted molar refractivity (Wildman–Crippen MR) is 89.4 cm³/mol. The highest BCUT2D eigenvalue weighted by Crippen LogP contribution is 2.30. The summed E-state index contributed by atoms with van der Waals surface area (Å²) in [6.45, 7) is 3.51. The number of hydrogen-bond donors (Lipinski definition) is 1. The maximum atomic E-state index is 12.8. The summed E-state index contributed by atoms with van der Waals surface area (Å²) in [7, 11) is 0. The lowest BCUT2D eigenvalue weighted by Crippen LogP contribution is -2.40. The van der Waals surface area contributed by atoms with Crippen LogP contribution in [-0.2, 0) is 16.9 Å². The number of para-hydroxylation sites is 1. The first-order valence-electron chi connectivity index (χ1n) is 7.89. The van der Waals surface area contributed by atoms with Crippen LogP contribution in [0.2, 0.25) is 0 Å². The van der Waals surface area contributed by atoms with Crippen LogP contribution in [0, 0.1) is 6.92 Å². The van der Waals surface area contributed by atoms with E-state index in [0.29, 0.717) is 11.6 Å². The zero-order valence-corrected chi connectivity index (χ0v) is 13.8. The summed E-state index contributed by atoms with van der Waals surface area (Å²) < 4.78 is 5.32. The topological polar surface area (TPSA) is 88.3 Å². The number of carbonyl (C=O) groups excluding carboxylic acids is 2. The monoisotopic (exact) mass is 336 g/mol. The van der Waals surface area contributed by atoms with Crippen molar-refractivity contribution >= 4 is 22.8 Å². The minimum absolute atomic E-state index is 0.00659. The Balaban J connectivity index is 1.67. The number of amides is 3. The molecule has 0 bridgehead atoms. The minimum atomic E-state index is -1.22. The molecular weight excluding hydrogens is 320 g/mol. The van der Waals surface area contributed by atoms with E-state index < -0.39 is 11.6 Å². The van der Waals surface area contributed by atoms with E-state index in [4.69, 9.17) is 4.42 Å². The molecule has 0 radical (unpaired) electrons. The molecule has 7 heteroatoms. The van der Waals surface area contributed by atoms with E-state index >= 15 is 0 Å². The fourth-order valence-corrected chi connectivity index (χ4v) is 3.08. The second-order valence-electron chi connectivity index (χ2n) is 6.17. The lowest BCUT2D eigenvalue weighted by atomic mass is 9.99. The number of furan rings is 1. The van der Waals surface area contributed by atoms with Crippen molar-refractivity contribution in [2.45, 2.75) is 25.9 Å². The lowest BCUT2D eigenvalue weighted by molar-refractivity contribution is -0.132. The van der Waals surface area contributed by atoms with Crippen LogP contribution in [0.1, 0.15) is 24.2 Å². The molecule has 1 aliphatic rings. The largest absolute Gasteiger partial charge is 0.466 e. The highest BCUT2D eigenvalue weighted by atomic mass is 16.3. The van der Waals surface area contributed by atoms with E-state index in [-0.39, 0.29) is 12.5 Å². The smallest absolute Gasteiger partial charge is 0.325 e. The van der Waals surface area contributed by atoms with Gasteiger partial charge in [0.25, 0.3) is 5.91 Å². The fourth-order valence-electron chi connectivity index (χ4n) is 3.08. The van der Waals surface area contributed by atoms with Gasteiger partial charge in [-0.3, -0.25) is 9.69 Å². The first-order chi connectivity index (χ1) is 12.0. The summed E-state index contributed by atoms with van der Waals surface area (Å²) in [6, 6.07) is 10.5. The molecular formula is C18H16N4O3. The molecule has 3 heterocycles. The number of benzene rings is 1. The highest BCUT2D eigenvalue weighted by molar-refractivity contribution is 6.06. The number of urea groups is 1. The Bertz CT molecular complexity index is 983. The third kappa shape index (κ3) is 2.36. The molecule has 1 N–H and O–H groups in total. The van der Waals surface area contributed by atoms with Gasteiger partial charge in [0.05, 0.1) is 18.3 Å². The summed E-state index contributed by atoms with van der Waals surface area (Å²) in [4.78, 5) is 35.2. The summed E-state index contributed by atoms with van der Waals surface area (Å²) in [5.41, 5.74) is 0.374. The highest BCUT2D eigenvalue weighted by Gasteiger charge is 2.51. The number of nitrogens with one attached hydrogen (secondary N) is 1. The number of rotatable bonds is 3. The molecule has 0 aliphatic carbocycles.